The van der Waals surface area contributed by atoms with E-state index in [-0.39, 0.29) is 5.43 Å². The minimum absolute atomic E-state index is 0.0796. The third-order valence-electron chi connectivity index (χ3n) is 6.37. The minimum atomic E-state index is 0.0796. The van der Waals surface area contributed by atoms with Gasteiger partial charge in [-0.05, 0) is 88.3 Å². The van der Waals surface area contributed by atoms with Crippen molar-refractivity contribution < 1.29 is 9.47 Å². The molecule has 3 heterocycles. The molecule has 5 rings (SSSR count). The summed E-state index contributed by atoms with van der Waals surface area (Å²) in [6.07, 6.45) is 5.17. The number of hydrogen-bond acceptors (Lipinski definition) is 6. The van der Waals surface area contributed by atoms with Crippen LogP contribution < -0.4 is 14.9 Å². The van der Waals surface area contributed by atoms with Gasteiger partial charge in [0.15, 0.2) is 5.43 Å². The Morgan fingerprint density at radius 2 is 1.16 bits per heavy atom. The van der Waals surface area contributed by atoms with Gasteiger partial charge in [-0.25, -0.2) is 0 Å². The van der Waals surface area contributed by atoms with Gasteiger partial charge in [0.05, 0.1) is 0 Å². The maximum Gasteiger partial charge on any atom is 0.195 e. The van der Waals surface area contributed by atoms with Gasteiger partial charge in [-0.1, -0.05) is 0 Å². The number of nitrogens with zero attached hydrogens (tertiary/aromatic N) is 2. The quantitative estimate of drug-likeness (QED) is 0.489. The summed E-state index contributed by atoms with van der Waals surface area (Å²) in [5.74, 6) is 1.67. The van der Waals surface area contributed by atoms with E-state index >= 15 is 0 Å². The lowest BCUT2D eigenvalue weighted by Crippen LogP contribution is -2.25. The maximum atomic E-state index is 13.0. The number of benzene rings is 2. The predicted octanol–water partition coefficient (Wildman–Crippen LogP) is 4.36. The van der Waals surface area contributed by atoms with Crippen LogP contribution in [0.4, 0.5) is 0 Å². The summed E-state index contributed by atoms with van der Waals surface area (Å²) >= 11 is 1.63. The average Bonchev–Trinajstić information content (AvgIpc) is 3.48. The van der Waals surface area contributed by atoms with Crippen LogP contribution in [0.2, 0.25) is 0 Å². The Bertz CT molecular complexity index is 1020. The number of fused-ring (bicyclic) bond motifs is 2. The summed E-state index contributed by atoms with van der Waals surface area (Å²) < 4.78 is 13.9. The maximum absolute atomic E-state index is 13.0. The molecule has 0 saturated carbocycles. The van der Waals surface area contributed by atoms with Crippen LogP contribution in [0.5, 0.6) is 11.5 Å². The number of rotatable bonds is 8. The summed E-state index contributed by atoms with van der Waals surface area (Å²) in [5.41, 5.74) is 0.0796. The van der Waals surface area contributed by atoms with E-state index in [1.165, 1.54) is 51.9 Å². The van der Waals surface area contributed by atoms with Gasteiger partial charge in [-0.2, -0.15) is 0 Å². The molecule has 0 aliphatic carbocycles. The lowest BCUT2D eigenvalue weighted by molar-refractivity contribution is 0.238. The van der Waals surface area contributed by atoms with E-state index in [1.54, 1.807) is 11.3 Å². The van der Waals surface area contributed by atoms with Crippen molar-refractivity contribution in [3.05, 3.63) is 46.6 Å². The van der Waals surface area contributed by atoms with E-state index in [2.05, 4.69) is 9.80 Å². The molecule has 2 fully saturated rings. The Balaban J connectivity index is 1.30. The second-order valence-electron chi connectivity index (χ2n) is 8.54. The van der Waals surface area contributed by atoms with Crippen molar-refractivity contribution in [3.8, 4) is 11.5 Å². The molecule has 5 nitrogen and oxygen atoms in total. The van der Waals surface area contributed by atoms with Crippen molar-refractivity contribution in [2.24, 2.45) is 0 Å². The normalized spacial score (nSPS) is 17.7. The van der Waals surface area contributed by atoms with Crippen LogP contribution in [0.15, 0.2) is 41.2 Å². The molecule has 2 saturated heterocycles. The van der Waals surface area contributed by atoms with E-state index in [4.69, 9.17) is 9.47 Å². The summed E-state index contributed by atoms with van der Waals surface area (Å²) in [5, 5.41) is 1.51. The lowest BCUT2D eigenvalue weighted by Gasteiger charge is -2.15. The summed E-state index contributed by atoms with van der Waals surface area (Å²) in [7, 11) is 0. The molecule has 0 atom stereocenters. The first-order valence-electron chi connectivity index (χ1n) is 11.5. The van der Waals surface area contributed by atoms with Crippen LogP contribution in [0, 0.1) is 0 Å². The van der Waals surface area contributed by atoms with Crippen LogP contribution in [0.3, 0.4) is 0 Å². The van der Waals surface area contributed by atoms with E-state index < -0.39 is 0 Å². The van der Waals surface area contributed by atoms with Gasteiger partial charge in [0.2, 0.25) is 0 Å². The zero-order chi connectivity index (χ0) is 21.0. The Labute approximate surface area is 187 Å². The molecule has 1 aromatic heterocycles. The molecule has 6 heteroatoms. The monoisotopic (exact) mass is 438 g/mol. The van der Waals surface area contributed by atoms with Crippen LogP contribution in [-0.2, 0) is 0 Å². The second-order valence-corrected chi connectivity index (χ2v) is 9.63. The molecule has 0 unspecified atom stereocenters. The fourth-order valence-corrected chi connectivity index (χ4v) is 5.72. The van der Waals surface area contributed by atoms with Crippen molar-refractivity contribution in [1.82, 2.24) is 9.80 Å². The van der Waals surface area contributed by atoms with E-state index in [0.29, 0.717) is 13.2 Å². The van der Waals surface area contributed by atoms with Gasteiger partial charge in [0.1, 0.15) is 24.7 Å². The minimum Gasteiger partial charge on any atom is -0.492 e. The second kappa shape index (κ2) is 9.55. The Kier molecular flexibility index (Phi) is 6.39. The van der Waals surface area contributed by atoms with Gasteiger partial charge in [0, 0.05) is 33.3 Å². The summed E-state index contributed by atoms with van der Waals surface area (Å²) in [4.78, 5) is 17.9. The van der Waals surface area contributed by atoms with Crippen LogP contribution in [0.1, 0.15) is 25.7 Å². The van der Waals surface area contributed by atoms with Gasteiger partial charge < -0.3 is 9.47 Å². The first kappa shape index (κ1) is 20.7. The van der Waals surface area contributed by atoms with E-state index in [9.17, 15) is 4.79 Å². The number of likely N-dealkylation sites (tertiary alicyclic amines) is 2. The van der Waals surface area contributed by atoms with Crippen LogP contribution >= 0.6 is 11.3 Å². The molecule has 2 aliphatic heterocycles. The van der Waals surface area contributed by atoms with Gasteiger partial charge in [0.25, 0.3) is 0 Å². The highest BCUT2D eigenvalue weighted by Gasteiger charge is 2.13. The number of hydrogen-bond donors (Lipinski definition) is 0. The predicted molar refractivity (Wildman–Crippen MR) is 128 cm³/mol. The van der Waals surface area contributed by atoms with Crippen molar-refractivity contribution in [2.75, 3.05) is 52.5 Å². The third-order valence-corrected chi connectivity index (χ3v) is 7.48. The summed E-state index contributed by atoms with van der Waals surface area (Å²) in [6, 6.07) is 11.7. The van der Waals surface area contributed by atoms with Crippen molar-refractivity contribution in [1.29, 1.82) is 0 Å². The lowest BCUT2D eigenvalue weighted by atomic mass is 10.2. The van der Waals surface area contributed by atoms with Crippen LogP contribution in [-0.4, -0.2) is 62.3 Å². The van der Waals surface area contributed by atoms with Gasteiger partial charge in [-0.3, -0.25) is 14.6 Å². The molecular formula is C25H30N2O3S. The molecule has 0 spiro atoms. The van der Waals surface area contributed by atoms with Crippen molar-refractivity contribution in [3.63, 3.8) is 0 Å². The fourth-order valence-electron chi connectivity index (χ4n) is 4.59. The highest BCUT2D eigenvalue weighted by Crippen LogP contribution is 2.30. The standard InChI is InChI=1S/C25H30N2O3S/c28-25-21-7-5-19(29-15-13-26-9-1-2-10-26)17-23(21)31-24-18-20(6-8-22(24)25)30-16-14-27-11-3-4-12-27/h5-8,17-18H,1-4,9-16H2. The molecule has 2 aliphatic rings. The first-order valence-corrected chi connectivity index (χ1v) is 12.3. The van der Waals surface area contributed by atoms with Gasteiger partial charge in [-0.15, -0.1) is 11.3 Å². The molecule has 2 aromatic carbocycles. The molecule has 3 aromatic rings. The topological polar surface area (TPSA) is 42.0 Å². The Hall–Kier alpha value is -2.15. The van der Waals surface area contributed by atoms with Gasteiger partial charge >= 0.3 is 0 Å². The SMILES string of the molecule is O=c1c2ccc(OCCN3CCCC3)cc2sc2cc(OCCN3CCCC3)ccc12. The largest absolute Gasteiger partial charge is 0.492 e. The van der Waals surface area contributed by atoms with Crippen molar-refractivity contribution >= 4 is 31.5 Å². The molecule has 0 amide bonds. The molecular weight excluding hydrogens is 408 g/mol. The van der Waals surface area contributed by atoms with E-state index in [0.717, 1.165) is 44.8 Å². The Morgan fingerprint density at radius 3 is 1.61 bits per heavy atom. The molecule has 31 heavy (non-hydrogen) atoms. The molecule has 0 N–H and O–H groups in total. The van der Waals surface area contributed by atoms with Crippen molar-refractivity contribution in [2.45, 2.75) is 25.7 Å². The third kappa shape index (κ3) is 4.86. The average molecular weight is 439 g/mol. The highest BCUT2D eigenvalue weighted by molar-refractivity contribution is 7.24. The molecule has 0 bridgehead atoms. The number of ether oxygens (including phenoxy) is 2. The smallest absolute Gasteiger partial charge is 0.195 e. The summed E-state index contributed by atoms with van der Waals surface area (Å²) in [6.45, 7) is 8.00. The highest BCUT2D eigenvalue weighted by atomic mass is 32.1. The van der Waals surface area contributed by atoms with E-state index in [1.807, 2.05) is 36.4 Å². The molecule has 0 radical (unpaired) electrons. The Morgan fingerprint density at radius 1 is 0.710 bits per heavy atom. The zero-order valence-corrected chi connectivity index (χ0v) is 18.8. The zero-order valence-electron chi connectivity index (χ0n) is 18.0. The molecule has 164 valence electrons. The fraction of sp³-hybridized carbons (Fsp3) is 0.480. The van der Waals surface area contributed by atoms with Crippen LogP contribution in [0.25, 0.3) is 20.2 Å². The first-order chi connectivity index (χ1) is 15.3.